The van der Waals surface area contributed by atoms with Gasteiger partial charge in [0.15, 0.2) is 0 Å². The molecule has 0 aliphatic carbocycles. The van der Waals surface area contributed by atoms with Crippen molar-refractivity contribution in [2.45, 2.75) is 6.92 Å². The lowest BCUT2D eigenvalue weighted by molar-refractivity contribution is 0.977. The van der Waals surface area contributed by atoms with Gasteiger partial charge in [-0.25, -0.2) is 0 Å². The van der Waals surface area contributed by atoms with Gasteiger partial charge in [0.2, 0.25) is 5.56 Å². The Bertz CT molecular complexity index is 834. The van der Waals surface area contributed by atoms with E-state index in [0.29, 0.717) is 5.02 Å². The zero-order valence-electron chi connectivity index (χ0n) is 12.0. The van der Waals surface area contributed by atoms with Crippen LogP contribution in [-0.4, -0.2) is 9.55 Å². The van der Waals surface area contributed by atoms with Gasteiger partial charge in [0.25, 0.3) is 5.56 Å². The van der Waals surface area contributed by atoms with Crippen molar-refractivity contribution in [3.63, 3.8) is 0 Å². The molecule has 0 unspecified atom stereocenters. The van der Waals surface area contributed by atoms with Crippen molar-refractivity contribution >= 4 is 11.6 Å². The highest BCUT2D eigenvalue weighted by Crippen LogP contribution is 2.12. The molecule has 0 amide bonds. The summed E-state index contributed by atoms with van der Waals surface area (Å²) in [6, 6.07) is 15.5. The molecule has 3 aromatic rings. The summed E-state index contributed by atoms with van der Waals surface area (Å²) in [4.78, 5) is 24.3. The van der Waals surface area contributed by atoms with E-state index >= 15 is 0 Å². The molecule has 0 aliphatic heterocycles. The lowest BCUT2D eigenvalue weighted by Crippen LogP contribution is -2.16. The van der Waals surface area contributed by atoms with E-state index < -0.39 is 0 Å². The van der Waals surface area contributed by atoms with Crippen LogP contribution in [0.1, 0.15) is 5.56 Å². The molecule has 2 aromatic heterocycles. The van der Waals surface area contributed by atoms with Crippen LogP contribution >= 0.6 is 11.6 Å². The van der Waals surface area contributed by atoms with E-state index in [2.05, 4.69) is 4.98 Å². The van der Waals surface area contributed by atoms with E-state index in [9.17, 15) is 9.59 Å². The third kappa shape index (κ3) is 4.46. The lowest BCUT2D eigenvalue weighted by Gasteiger charge is -2.05. The first-order valence-electron chi connectivity index (χ1n) is 6.65. The standard InChI is InChI=1S/C12H10ClNO.C5H5NO/c1-9-2-7-12(15)14(8-9)11-5-3-10(13)4-6-11;7-5-3-1-2-4-6-5/h2-8H,1H3;1-4H,(H,6,7). The number of halogens is 1. The molecule has 3 rings (SSSR count). The minimum Gasteiger partial charge on any atom is -0.329 e. The van der Waals surface area contributed by atoms with Crippen molar-refractivity contribution in [1.82, 2.24) is 9.55 Å². The third-order valence-electron chi connectivity index (χ3n) is 2.84. The smallest absolute Gasteiger partial charge is 0.255 e. The molecule has 112 valence electrons. The summed E-state index contributed by atoms with van der Waals surface area (Å²) in [5.41, 5.74) is 1.78. The van der Waals surface area contributed by atoms with Crippen LogP contribution in [0.15, 0.2) is 76.6 Å². The Morgan fingerprint density at radius 2 is 1.68 bits per heavy atom. The molecule has 0 saturated carbocycles. The molecule has 4 nitrogen and oxygen atoms in total. The summed E-state index contributed by atoms with van der Waals surface area (Å²) in [7, 11) is 0. The van der Waals surface area contributed by atoms with Gasteiger partial charge in [0, 0.05) is 35.2 Å². The molecule has 0 spiro atoms. The lowest BCUT2D eigenvalue weighted by atomic mass is 10.2. The van der Waals surface area contributed by atoms with Gasteiger partial charge < -0.3 is 4.98 Å². The predicted octanol–water partition coefficient (Wildman–Crippen LogP) is 3.17. The van der Waals surface area contributed by atoms with Crippen molar-refractivity contribution in [1.29, 1.82) is 0 Å². The number of H-pyrrole nitrogens is 1. The summed E-state index contributed by atoms with van der Waals surface area (Å²) >= 11 is 5.78. The van der Waals surface area contributed by atoms with Crippen LogP contribution in [0.25, 0.3) is 5.69 Å². The first-order valence-corrected chi connectivity index (χ1v) is 7.03. The molecule has 0 atom stereocenters. The van der Waals surface area contributed by atoms with Crippen LogP contribution < -0.4 is 11.1 Å². The topological polar surface area (TPSA) is 54.9 Å². The van der Waals surface area contributed by atoms with Crippen molar-refractivity contribution in [2.75, 3.05) is 0 Å². The van der Waals surface area contributed by atoms with Crippen molar-refractivity contribution in [2.24, 2.45) is 0 Å². The molecule has 5 heteroatoms. The Balaban J connectivity index is 0.000000211. The average molecular weight is 315 g/mol. The summed E-state index contributed by atoms with van der Waals surface area (Å²) in [5, 5.41) is 0.666. The first-order chi connectivity index (χ1) is 10.6. The van der Waals surface area contributed by atoms with Crippen molar-refractivity contribution in [3.8, 4) is 5.69 Å². The zero-order chi connectivity index (χ0) is 15.9. The maximum atomic E-state index is 11.6. The van der Waals surface area contributed by atoms with E-state index in [1.807, 2.05) is 25.3 Å². The van der Waals surface area contributed by atoms with Crippen molar-refractivity contribution < 1.29 is 0 Å². The highest BCUT2D eigenvalue weighted by molar-refractivity contribution is 6.30. The van der Waals surface area contributed by atoms with E-state index in [1.54, 1.807) is 47.2 Å². The molecule has 0 fully saturated rings. The van der Waals surface area contributed by atoms with E-state index in [4.69, 9.17) is 11.6 Å². The largest absolute Gasteiger partial charge is 0.329 e. The number of nitrogens with zero attached hydrogens (tertiary/aromatic N) is 1. The molecule has 1 aromatic carbocycles. The van der Waals surface area contributed by atoms with E-state index in [-0.39, 0.29) is 11.1 Å². The summed E-state index contributed by atoms with van der Waals surface area (Å²) in [6.45, 7) is 1.95. The van der Waals surface area contributed by atoms with Gasteiger partial charge >= 0.3 is 0 Å². The van der Waals surface area contributed by atoms with Crippen LogP contribution in [0.5, 0.6) is 0 Å². The number of nitrogens with one attached hydrogen (secondary N) is 1. The third-order valence-corrected chi connectivity index (χ3v) is 3.10. The monoisotopic (exact) mass is 314 g/mol. The highest BCUT2D eigenvalue weighted by atomic mass is 35.5. The number of aromatic nitrogens is 2. The van der Waals surface area contributed by atoms with Crippen LogP contribution in [0.3, 0.4) is 0 Å². The maximum Gasteiger partial charge on any atom is 0.255 e. The summed E-state index contributed by atoms with van der Waals surface area (Å²) < 4.78 is 1.60. The highest BCUT2D eigenvalue weighted by Gasteiger charge is 1.98. The fourth-order valence-electron chi connectivity index (χ4n) is 1.77. The first kappa shape index (κ1) is 15.8. The Morgan fingerprint density at radius 3 is 2.23 bits per heavy atom. The maximum absolute atomic E-state index is 11.6. The summed E-state index contributed by atoms with van der Waals surface area (Å²) in [5.74, 6) is 0. The van der Waals surface area contributed by atoms with Gasteiger partial charge in [-0.15, -0.1) is 0 Å². The van der Waals surface area contributed by atoms with Gasteiger partial charge in [-0.2, -0.15) is 0 Å². The molecule has 2 heterocycles. The zero-order valence-corrected chi connectivity index (χ0v) is 12.7. The van der Waals surface area contributed by atoms with Crippen LogP contribution in [-0.2, 0) is 0 Å². The average Bonchev–Trinajstić information content (AvgIpc) is 2.52. The normalized spacial score (nSPS) is 9.73. The molecule has 0 aliphatic rings. The van der Waals surface area contributed by atoms with Crippen LogP contribution in [0, 0.1) is 6.92 Å². The molecular weight excluding hydrogens is 300 g/mol. The minimum absolute atomic E-state index is 0.0390. The molecular formula is C17H15ClN2O2. The fourth-order valence-corrected chi connectivity index (χ4v) is 1.90. The second-order valence-corrected chi connectivity index (χ2v) is 5.05. The molecule has 0 radical (unpaired) electrons. The number of rotatable bonds is 1. The number of benzene rings is 1. The number of aromatic amines is 1. The quantitative estimate of drug-likeness (QED) is 0.750. The number of pyridine rings is 2. The number of hydrogen-bond acceptors (Lipinski definition) is 2. The van der Waals surface area contributed by atoms with Gasteiger partial charge in [-0.05, 0) is 42.8 Å². The fraction of sp³-hybridized carbons (Fsp3) is 0.0588. The van der Waals surface area contributed by atoms with Gasteiger partial charge in [-0.3, -0.25) is 14.2 Å². The number of aryl methyl sites for hydroxylation is 1. The van der Waals surface area contributed by atoms with Gasteiger partial charge in [0.05, 0.1) is 0 Å². The second kappa shape index (κ2) is 7.43. The minimum atomic E-state index is -0.0532. The van der Waals surface area contributed by atoms with Crippen LogP contribution in [0.2, 0.25) is 5.02 Å². The van der Waals surface area contributed by atoms with E-state index in [0.717, 1.165) is 11.3 Å². The van der Waals surface area contributed by atoms with Gasteiger partial charge in [0.1, 0.15) is 0 Å². The molecule has 0 bridgehead atoms. The number of hydrogen-bond donors (Lipinski definition) is 1. The molecule has 22 heavy (non-hydrogen) atoms. The second-order valence-electron chi connectivity index (χ2n) is 4.62. The Labute approximate surface area is 132 Å². The molecule has 1 N–H and O–H groups in total. The SMILES string of the molecule is Cc1ccc(=O)n(-c2ccc(Cl)cc2)c1.O=c1cccc[nH]1. The summed E-state index contributed by atoms with van der Waals surface area (Å²) in [6.07, 6.45) is 3.41. The predicted molar refractivity (Wildman–Crippen MR) is 88.8 cm³/mol. The van der Waals surface area contributed by atoms with Gasteiger partial charge in [-0.1, -0.05) is 23.7 Å². The molecule has 0 saturated heterocycles. The van der Waals surface area contributed by atoms with Crippen LogP contribution in [0.4, 0.5) is 0 Å². The Hall–Kier alpha value is -2.59. The Kier molecular flexibility index (Phi) is 5.33. The Morgan fingerprint density at radius 1 is 0.955 bits per heavy atom. The van der Waals surface area contributed by atoms with Crippen molar-refractivity contribution in [3.05, 3.63) is 98.3 Å². The van der Waals surface area contributed by atoms with E-state index in [1.165, 1.54) is 6.07 Å².